The second-order valence-corrected chi connectivity index (χ2v) is 6.53. The van der Waals surface area contributed by atoms with Crippen LogP contribution in [0.2, 0.25) is 0 Å². The molecule has 0 saturated heterocycles. The number of rotatable bonds is 4. The topological polar surface area (TPSA) is 32.3 Å². The zero-order chi connectivity index (χ0) is 16.9. The molecule has 0 radical (unpaired) electrons. The van der Waals surface area contributed by atoms with E-state index in [1.54, 1.807) is 6.08 Å². The highest BCUT2D eigenvalue weighted by Crippen LogP contribution is 2.21. The van der Waals surface area contributed by atoms with Crippen LogP contribution in [-0.2, 0) is 17.8 Å². The summed E-state index contributed by atoms with van der Waals surface area (Å²) in [4.78, 5) is 14.4. The van der Waals surface area contributed by atoms with Crippen LogP contribution < -0.4 is 5.32 Å². The maximum absolute atomic E-state index is 12.1. The van der Waals surface area contributed by atoms with E-state index in [9.17, 15) is 4.79 Å². The Balaban J connectivity index is 1.55. The molecular formula is C21H24N2O. The predicted octanol–water partition coefficient (Wildman–Crippen LogP) is 3.18. The van der Waals surface area contributed by atoms with E-state index in [0.29, 0.717) is 12.6 Å². The van der Waals surface area contributed by atoms with E-state index < -0.39 is 0 Å². The Kier molecular flexibility index (Phi) is 5.11. The molecule has 24 heavy (non-hydrogen) atoms. The molecular weight excluding hydrogens is 296 g/mol. The molecule has 0 saturated carbocycles. The number of likely N-dealkylation sites (N-methyl/N-ethyl adjacent to an activating group) is 1. The van der Waals surface area contributed by atoms with E-state index in [4.69, 9.17) is 0 Å². The van der Waals surface area contributed by atoms with E-state index >= 15 is 0 Å². The van der Waals surface area contributed by atoms with Gasteiger partial charge < -0.3 is 5.32 Å². The van der Waals surface area contributed by atoms with Gasteiger partial charge in [0.2, 0.25) is 5.91 Å². The maximum atomic E-state index is 12.1. The highest BCUT2D eigenvalue weighted by molar-refractivity contribution is 5.91. The third kappa shape index (κ3) is 4.12. The van der Waals surface area contributed by atoms with Gasteiger partial charge in [-0.15, -0.1) is 0 Å². The lowest BCUT2D eigenvalue weighted by atomic mass is 9.94. The van der Waals surface area contributed by atoms with Crippen LogP contribution in [0.4, 0.5) is 0 Å². The molecule has 0 bridgehead atoms. The van der Waals surface area contributed by atoms with Crippen LogP contribution in [-0.4, -0.2) is 30.4 Å². The number of carbonyl (C=O) groups excluding carboxylic acids is 1. The lowest BCUT2D eigenvalue weighted by Crippen LogP contribution is -2.45. The van der Waals surface area contributed by atoms with E-state index in [0.717, 1.165) is 18.5 Å². The van der Waals surface area contributed by atoms with Gasteiger partial charge in [-0.25, -0.2) is 0 Å². The van der Waals surface area contributed by atoms with Crippen LogP contribution >= 0.6 is 0 Å². The molecule has 0 unspecified atom stereocenters. The second kappa shape index (κ2) is 7.45. The van der Waals surface area contributed by atoms with Crippen molar-refractivity contribution >= 4 is 12.0 Å². The van der Waals surface area contributed by atoms with Crippen molar-refractivity contribution in [2.75, 3.05) is 13.6 Å². The van der Waals surface area contributed by atoms with Crippen LogP contribution in [0.1, 0.15) is 22.3 Å². The van der Waals surface area contributed by atoms with E-state index in [1.165, 1.54) is 16.7 Å². The quantitative estimate of drug-likeness (QED) is 0.878. The Hall–Kier alpha value is -2.39. The van der Waals surface area contributed by atoms with E-state index in [2.05, 4.69) is 47.6 Å². The van der Waals surface area contributed by atoms with Crippen LogP contribution in [0, 0.1) is 6.92 Å². The number of nitrogens with one attached hydrogen (secondary N) is 1. The number of hydrogen-bond acceptors (Lipinski definition) is 2. The van der Waals surface area contributed by atoms with Crippen LogP contribution in [0.15, 0.2) is 54.6 Å². The first kappa shape index (κ1) is 16.5. The van der Waals surface area contributed by atoms with Crippen LogP contribution in [0.25, 0.3) is 6.08 Å². The lowest BCUT2D eigenvalue weighted by molar-refractivity contribution is -0.116. The van der Waals surface area contributed by atoms with Gasteiger partial charge in [0, 0.05) is 25.2 Å². The fraction of sp³-hybridized carbons (Fsp3) is 0.286. The molecule has 1 aliphatic heterocycles. The molecule has 1 N–H and O–H groups in total. The minimum Gasteiger partial charge on any atom is -0.351 e. The molecule has 3 heteroatoms. The number of fused-ring (bicyclic) bond motifs is 1. The van der Waals surface area contributed by atoms with Gasteiger partial charge in [0.15, 0.2) is 0 Å². The molecule has 124 valence electrons. The summed E-state index contributed by atoms with van der Waals surface area (Å²) in [5.41, 5.74) is 5.03. The van der Waals surface area contributed by atoms with Gasteiger partial charge in [0.25, 0.3) is 0 Å². The summed E-state index contributed by atoms with van der Waals surface area (Å²) in [7, 11) is 2.12. The molecule has 1 aliphatic rings. The standard InChI is InChI=1S/C21H24N2O/c1-16-6-5-7-17(12-16)10-11-21(24)22-14-20-13-18-8-3-4-9-19(18)15-23(20)2/h3-12,20H,13-15H2,1-2H3,(H,22,24)/t20-/m0/s1. The Labute approximate surface area is 144 Å². The van der Waals surface area contributed by atoms with Crippen molar-refractivity contribution in [3.63, 3.8) is 0 Å². The molecule has 2 aromatic carbocycles. The predicted molar refractivity (Wildman–Crippen MR) is 98.6 cm³/mol. The summed E-state index contributed by atoms with van der Waals surface area (Å²) < 4.78 is 0. The van der Waals surface area contributed by atoms with Gasteiger partial charge in [-0.2, -0.15) is 0 Å². The Morgan fingerprint density at radius 3 is 2.79 bits per heavy atom. The number of nitrogens with zero attached hydrogens (tertiary/aromatic N) is 1. The largest absolute Gasteiger partial charge is 0.351 e. The third-order valence-electron chi connectivity index (χ3n) is 4.60. The molecule has 0 aromatic heterocycles. The van der Waals surface area contributed by atoms with E-state index in [1.807, 2.05) is 31.2 Å². The first-order valence-corrected chi connectivity index (χ1v) is 8.41. The molecule has 3 rings (SSSR count). The molecule has 1 amide bonds. The van der Waals surface area contributed by atoms with Crippen LogP contribution in [0.3, 0.4) is 0 Å². The molecule has 0 aliphatic carbocycles. The third-order valence-corrected chi connectivity index (χ3v) is 4.60. The van der Waals surface area contributed by atoms with Crippen LogP contribution in [0.5, 0.6) is 0 Å². The van der Waals surface area contributed by atoms with Crippen molar-refractivity contribution in [3.05, 3.63) is 76.9 Å². The summed E-state index contributed by atoms with van der Waals surface area (Å²) in [6.07, 6.45) is 4.46. The Morgan fingerprint density at radius 1 is 1.21 bits per heavy atom. The molecule has 0 fully saturated rings. The van der Waals surface area contributed by atoms with Crippen molar-refractivity contribution in [3.8, 4) is 0 Å². The maximum Gasteiger partial charge on any atom is 0.244 e. The van der Waals surface area contributed by atoms with Gasteiger partial charge in [-0.1, -0.05) is 54.1 Å². The molecule has 1 heterocycles. The van der Waals surface area contributed by atoms with Crippen molar-refractivity contribution in [2.45, 2.75) is 25.9 Å². The Morgan fingerprint density at radius 2 is 2.00 bits per heavy atom. The van der Waals surface area contributed by atoms with Gasteiger partial charge >= 0.3 is 0 Å². The van der Waals surface area contributed by atoms with E-state index in [-0.39, 0.29) is 5.91 Å². The fourth-order valence-electron chi connectivity index (χ4n) is 3.17. The number of carbonyl (C=O) groups is 1. The van der Waals surface area contributed by atoms with Gasteiger partial charge in [-0.05, 0) is 43.2 Å². The summed E-state index contributed by atoms with van der Waals surface area (Å²) in [6.45, 7) is 3.66. The molecule has 2 aromatic rings. The van der Waals surface area contributed by atoms with Gasteiger partial charge in [-0.3, -0.25) is 9.69 Å². The smallest absolute Gasteiger partial charge is 0.244 e. The number of amides is 1. The van der Waals surface area contributed by atoms with Crippen molar-refractivity contribution in [1.82, 2.24) is 10.2 Å². The fourth-order valence-corrected chi connectivity index (χ4v) is 3.17. The number of hydrogen-bond donors (Lipinski definition) is 1. The van der Waals surface area contributed by atoms with Crippen molar-refractivity contribution in [2.24, 2.45) is 0 Å². The van der Waals surface area contributed by atoms with Gasteiger partial charge in [0.1, 0.15) is 0 Å². The minimum atomic E-state index is -0.0382. The van der Waals surface area contributed by atoms with Crippen molar-refractivity contribution < 1.29 is 4.79 Å². The Bertz CT molecular complexity index is 751. The summed E-state index contributed by atoms with van der Waals surface area (Å²) >= 11 is 0. The number of aryl methyl sites for hydroxylation is 1. The minimum absolute atomic E-state index is 0.0382. The average molecular weight is 320 g/mol. The second-order valence-electron chi connectivity index (χ2n) is 6.53. The summed E-state index contributed by atoms with van der Waals surface area (Å²) in [5.74, 6) is -0.0382. The molecule has 1 atom stereocenters. The normalized spacial score (nSPS) is 17.7. The zero-order valence-corrected chi connectivity index (χ0v) is 14.3. The number of benzene rings is 2. The highest BCUT2D eigenvalue weighted by Gasteiger charge is 2.22. The lowest BCUT2D eigenvalue weighted by Gasteiger charge is -2.34. The monoisotopic (exact) mass is 320 g/mol. The average Bonchev–Trinajstić information content (AvgIpc) is 2.58. The van der Waals surface area contributed by atoms with Crippen molar-refractivity contribution in [1.29, 1.82) is 0 Å². The SMILES string of the molecule is Cc1cccc(C=CC(=O)NC[C@@H]2Cc3ccccc3CN2C)c1. The van der Waals surface area contributed by atoms with Gasteiger partial charge in [0.05, 0.1) is 0 Å². The molecule has 3 nitrogen and oxygen atoms in total. The highest BCUT2D eigenvalue weighted by atomic mass is 16.1. The first-order valence-electron chi connectivity index (χ1n) is 8.41. The first-order chi connectivity index (χ1) is 11.6. The summed E-state index contributed by atoms with van der Waals surface area (Å²) in [6, 6.07) is 17.0. The molecule has 0 spiro atoms. The zero-order valence-electron chi connectivity index (χ0n) is 14.3. The summed E-state index contributed by atoms with van der Waals surface area (Å²) in [5, 5.41) is 3.03.